The van der Waals surface area contributed by atoms with E-state index in [2.05, 4.69) is 22.6 Å². The summed E-state index contributed by atoms with van der Waals surface area (Å²) in [5.41, 5.74) is 1.53. The smallest absolute Gasteiger partial charge is 0.339 e. The van der Waals surface area contributed by atoms with E-state index in [0.29, 0.717) is 37.3 Å². The van der Waals surface area contributed by atoms with Gasteiger partial charge in [-0.3, -0.25) is 4.79 Å². The third-order valence-corrected chi connectivity index (χ3v) is 7.91. The van der Waals surface area contributed by atoms with Crippen LogP contribution in [0.15, 0.2) is 48.5 Å². The molecule has 33 heavy (non-hydrogen) atoms. The largest absolute Gasteiger partial charge is 0.497 e. The molecular weight excluding hydrogens is 557 g/mol. The van der Waals surface area contributed by atoms with Crippen LogP contribution in [-0.4, -0.2) is 60.6 Å². The maximum Gasteiger partial charge on any atom is 0.339 e. The Bertz CT molecular complexity index is 1000. The van der Waals surface area contributed by atoms with Crippen LogP contribution in [0.4, 0.5) is 4.79 Å². The van der Waals surface area contributed by atoms with Crippen LogP contribution in [0.2, 0.25) is 0 Å². The Labute approximate surface area is 211 Å². The van der Waals surface area contributed by atoms with Gasteiger partial charge in [-0.2, -0.15) is 0 Å². The highest BCUT2D eigenvalue weighted by Crippen LogP contribution is 2.40. The summed E-state index contributed by atoms with van der Waals surface area (Å²) < 4.78 is 24.0. The van der Waals surface area contributed by atoms with Gasteiger partial charge in [0.25, 0.3) is 5.24 Å². The molecule has 2 unspecified atom stereocenters. The van der Waals surface area contributed by atoms with Crippen LogP contribution < -0.4 is 4.74 Å². The number of amides is 1. The predicted molar refractivity (Wildman–Crippen MR) is 133 cm³/mol. The van der Waals surface area contributed by atoms with Gasteiger partial charge in [0.1, 0.15) is 11.9 Å². The zero-order chi connectivity index (χ0) is 23.4. The Morgan fingerprint density at radius 1 is 1.21 bits per heavy atom. The molecule has 2 fully saturated rings. The molecule has 0 radical (unpaired) electrons. The lowest BCUT2D eigenvalue weighted by Gasteiger charge is -2.45. The van der Waals surface area contributed by atoms with Gasteiger partial charge in [0.2, 0.25) is 0 Å². The van der Waals surface area contributed by atoms with Crippen molar-refractivity contribution in [3.05, 3.63) is 63.2 Å². The molecule has 9 heteroatoms. The van der Waals surface area contributed by atoms with Crippen molar-refractivity contribution >= 4 is 45.6 Å². The van der Waals surface area contributed by atoms with Crippen LogP contribution in [0.5, 0.6) is 5.75 Å². The molecule has 2 aromatic rings. The van der Waals surface area contributed by atoms with E-state index in [9.17, 15) is 9.59 Å². The van der Waals surface area contributed by atoms with E-state index in [-0.39, 0.29) is 23.4 Å². The number of nitrogens with zero attached hydrogens (tertiary/aromatic N) is 1. The quantitative estimate of drug-likeness (QED) is 0.345. The minimum atomic E-state index is -1.04. The zero-order valence-corrected chi connectivity index (χ0v) is 21.5. The second-order valence-corrected chi connectivity index (χ2v) is 10.1. The molecule has 3 atom stereocenters. The molecule has 0 bridgehead atoms. The van der Waals surface area contributed by atoms with E-state index in [1.165, 1.54) is 11.8 Å². The van der Waals surface area contributed by atoms with Crippen molar-refractivity contribution in [1.29, 1.82) is 0 Å². The topological polar surface area (TPSA) is 74.3 Å². The number of rotatable bonds is 7. The number of methoxy groups -OCH3 is 2. The molecule has 0 aromatic heterocycles. The SMILES string of the molecule is COc1ccc(CN2C(=O)SC[C@H]2C2(OC)CC(OC(=O)c3ccccc3I)CCO2)cc1. The molecule has 176 valence electrons. The number of thioether (sulfide) groups is 1. The van der Waals surface area contributed by atoms with Crippen molar-refractivity contribution in [2.75, 3.05) is 26.6 Å². The van der Waals surface area contributed by atoms with Crippen molar-refractivity contribution in [2.45, 2.75) is 37.3 Å². The summed E-state index contributed by atoms with van der Waals surface area (Å²) in [5, 5.41) is -0.0196. The minimum Gasteiger partial charge on any atom is -0.497 e. The van der Waals surface area contributed by atoms with Crippen molar-refractivity contribution in [1.82, 2.24) is 4.90 Å². The van der Waals surface area contributed by atoms with Crippen LogP contribution in [-0.2, 0) is 20.8 Å². The third-order valence-electron chi connectivity index (χ3n) is 6.01. The van der Waals surface area contributed by atoms with Crippen LogP contribution >= 0.6 is 34.4 Å². The van der Waals surface area contributed by atoms with Crippen LogP contribution in [0.3, 0.4) is 0 Å². The van der Waals surface area contributed by atoms with Crippen molar-refractivity contribution in [2.24, 2.45) is 0 Å². The fourth-order valence-corrected chi connectivity index (χ4v) is 5.91. The maximum atomic E-state index is 12.8. The van der Waals surface area contributed by atoms with Crippen LogP contribution in [0.25, 0.3) is 0 Å². The number of esters is 1. The van der Waals surface area contributed by atoms with E-state index in [0.717, 1.165) is 14.9 Å². The second kappa shape index (κ2) is 10.6. The predicted octanol–water partition coefficient (Wildman–Crippen LogP) is 4.72. The number of benzene rings is 2. The lowest BCUT2D eigenvalue weighted by molar-refractivity contribution is -0.280. The molecule has 2 aliphatic heterocycles. The summed E-state index contributed by atoms with van der Waals surface area (Å²) in [6.07, 6.45) is 0.564. The number of hydrogen-bond acceptors (Lipinski definition) is 7. The van der Waals surface area contributed by atoms with Gasteiger partial charge in [-0.1, -0.05) is 36.0 Å². The Kier molecular flexibility index (Phi) is 7.83. The zero-order valence-electron chi connectivity index (χ0n) is 18.5. The second-order valence-electron chi connectivity index (χ2n) is 7.93. The van der Waals surface area contributed by atoms with E-state index in [4.69, 9.17) is 18.9 Å². The number of carbonyl (C=O) groups excluding carboxylic acids is 2. The lowest BCUT2D eigenvalue weighted by Crippen LogP contribution is -2.58. The normalized spacial score (nSPS) is 25.2. The monoisotopic (exact) mass is 583 g/mol. The van der Waals surface area contributed by atoms with E-state index in [1.54, 1.807) is 25.2 Å². The summed E-state index contributed by atoms with van der Waals surface area (Å²) in [6, 6.07) is 14.7. The van der Waals surface area contributed by atoms with Gasteiger partial charge in [0.05, 0.1) is 25.3 Å². The molecule has 2 heterocycles. The van der Waals surface area contributed by atoms with Crippen molar-refractivity contribution in [3.8, 4) is 5.75 Å². The van der Waals surface area contributed by atoms with Crippen molar-refractivity contribution < 1.29 is 28.5 Å². The highest BCUT2D eigenvalue weighted by Gasteiger charge is 2.52. The average Bonchev–Trinajstić information content (AvgIpc) is 3.20. The molecule has 0 spiro atoms. The van der Waals surface area contributed by atoms with E-state index < -0.39 is 5.79 Å². The standard InChI is InChI=1S/C24H26INO6S/c1-29-17-9-7-16(8-10-17)14-26-21(15-33-23(26)28)24(30-2)13-18(11-12-31-24)32-22(27)19-5-3-4-6-20(19)25/h3-10,18,21H,11-15H2,1-2H3/t18?,21-,24?/m0/s1. The van der Waals surface area contributed by atoms with Crippen molar-refractivity contribution in [3.63, 3.8) is 0 Å². The molecule has 2 aromatic carbocycles. The summed E-state index contributed by atoms with van der Waals surface area (Å²) in [5.74, 6) is -0.0957. The number of halogens is 1. The van der Waals surface area contributed by atoms with E-state index in [1.807, 2.05) is 42.5 Å². The molecule has 7 nitrogen and oxygen atoms in total. The lowest BCUT2D eigenvalue weighted by atomic mass is 9.95. The van der Waals surface area contributed by atoms with Gasteiger partial charge in [-0.05, 0) is 52.4 Å². The minimum absolute atomic E-state index is 0.0196. The van der Waals surface area contributed by atoms with E-state index >= 15 is 0 Å². The fraction of sp³-hybridized carbons (Fsp3) is 0.417. The molecular formula is C24H26INO6S. The van der Waals surface area contributed by atoms with Gasteiger partial charge < -0.3 is 23.8 Å². The number of ether oxygens (including phenoxy) is 4. The Hall–Kier alpha value is -1.82. The summed E-state index contributed by atoms with van der Waals surface area (Å²) in [4.78, 5) is 27.3. The van der Waals surface area contributed by atoms with Gasteiger partial charge >= 0.3 is 5.97 Å². The maximum absolute atomic E-state index is 12.8. The van der Waals surface area contributed by atoms with Gasteiger partial charge in [0.15, 0.2) is 5.79 Å². The van der Waals surface area contributed by atoms with Gasteiger partial charge in [-0.15, -0.1) is 0 Å². The van der Waals surface area contributed by atoms with Crippen LogP contribution in [0.1, 0.15) is 28.8 Å². The Morgan fingerprint density at radius 3 is 2.67 bits per heavy atom. The van der Waals surface area contributed by atoms with Gasteiger partial charge in [0, 0.05) is 35.8 Å². The fourth-order valence-electron chi connectivity index (χ4n) is 4.21. The summed E-state index contributed by atoms with van der Waals surface area (Å²) in [6.45, 7) is 0.811. The first-order chi connectivity index (χ1) is 16.0. The first-order valence-corrected chi connectivity index (χ1v) is 12.7. The summed E-state index contributed by atoms with van der Waals surface area (Å²) in [7, 11) is 3.21. The Morgan fingerprint density at radius 2 is 1.97 bits per heavy atom. The number of carbonyl (C=O) groups is 2. The molecule has 0 N–H and O–H groups in total. The first kappa shape index (κ1) is 24.3. The highest BCUT2D eigenvalue weighted by molar-refractivity contribution is 14.1. The van der Waals surface area contributed by atoms with Crippen LogP contribution in [0, 0.1) is 3.57 Å². The molecule has 0 saturated carbocycles. The van der Waals surface area contributed by atoms with Gasteiger partial charge in [-0.25, -0.2) is 4.79 Å². The first-order valence-electron chi connectivity index (χ1n) is 10.7. The molecule has 0 aliphatic carbocycles. The third kappa shape index (κ3) is 5.31. The molecule has 1 amide bonds. The highest BCUT2D eigenvalue weighted by atomic mass is 127. The Balaban J connectivity index is 1.50. The average molecular weight is 583 g/mol. The molecule has 2 aliphatic rings. The molecule has 2 saturated heterocycles. The molecule has 4 rings (SSSR count). The summed E-state index contributed by atoms with van der Waals surface area (Å²) >= 11 is 3.39. The number of hydrogen-bond donors (Lipinski definition) is 0.